The Labute approximate surface area is 148 Å². The molecule has 0 aliphatic heterocycles. The fraction of sp³-hybridized carbons (Fsp3) is 0.333. The van der Waals surface area contributed by atoms with Crippen LogP contribution in [0.5, 0.6) is 5.75 Å². The van der Waals surface area contributed by atoms with E-state index in [1.54, 1.807) is 0 Å². The highest BCUT2D eigenvalue weighted by atomic mass is 79.9. The quantitative estimate of drug-likeness (QED) is 0.724. The van der Waals surface area contributed by atoms with Gasteiger partial charge in [0, 0.05) is 12.1 Å². The first-order valence-corrected chi connectivity index (χ1v) is 7.56. The number of nitrogens with one attached hydrogen (secondary N) is 1. The first-order valence-electron chi connectivity index (χ1n) is 7.56. The Morgan fingerprint density at radius 2 is 1.83 bits per heavy atom. The highest BCUT2D eigenvalue weighted by molar-refractivity contribution is 5.92. The largest absolute Gasteiger partial charge is 1.00 e. The van der Waals surface area contributed by atoms with E-state index in [1.807, 2.05) is 74.1 Å². The second-order valence-electron chi connectivity index (χ2n) is 5.57. The zero-order valence-corrected chi connectivity index (χ0v) is 15.3. The van der Waals surface area contributed by atoms with Crippen molar-refractivity contribution in [2.24, 2.45) is 0 Å². The fourth-order valence-electron chi connectivity index (χ4n) is 2.05. The van der Waals surface area contributed by atoms with Crippen LogP contribution in [-0.2, 0) is 11.3 Å². The summed E-state index contributed by atoms with van der Waals surface area (Å²) in [6, 6.07) is 11.6. The van der Waals surface area contributed by atoms with Crippen molar-refractivity contribution in [2.75, 3.05) is 5.32 Å². The Morgan fingerprint density at radius 3 is 2.48 bits per heavy atom. The van der Waals surface area contributed by atoms with E-state index in [9.17, 15) is 4.79 Å². The molecule has 0 bridgehead atoms. The van der Waals surface area contributed by atoms with E-state index in [4.69, 9.17) is 4.74 Å². The Hall–Kier alpha value is -1.88. The summed E-state index contributed by atoms with van der Waals surface area (Å²) in [6.07, 6.45) is 4.46. The van der Waals surface area contributed by atoms with E-state index in [0.717, 1.165) is 5.69 Å². The van der Waals surface area contributed by atoms with Crippen LogP contribution in [0.2, 0.25) is 0 Å². The van der Waals surface area contributed by atoms with Gasteiger partial charge in [-0.05, 0) is 38.5 Å². The van der Waals surface area contributed by atoms with E-state index >= 15 is 0 Å². The van der Waals surface area contributed by atoms with Gasteiger partial charge in [0.1, 0.15) is 5.75 Å². The summed E-state index contributed by atoms with van der Waals surface area (Å²) in [4.78, 5) is 12.1. The standard InChI is InChI=1S/C18H22N2O2.BrH/c1-14(2)22-17-7-5-4-6-16(17)19-18(21)10-13-20-11-8-15(3)9-12-20;/h4-9,11-12,14H,10,13H2,1-3H3;1H. The molecule has 0 unspecified atom stereocenters. The molecule has 1 aromatic carbocycles. The van der Waals surface area contributed by atoms with Gasteiger partial charge >= 0.3 is 0 Å². The number of ether oxygens (including phenoxy) is 1. The van der Waals surface area contributed by atoms with Gasteiger partial charge in [-0.1, -0.05) is 12.1 Å². The van der Waals surface area contributed by atoms with Crippen molar-refractivity contribution in [1.29, 1.82) is 0 Å². The maximum Gasteiger partial charge on any atom is 0.230 e. The third kappa shape index (κ3) is 6.40. The second kappa shape index (κ2) is 9.30. The number of amides is 1. The number of hydrogen-bond acceptors (Lipinski definition) is 2. The molecule has 124 valence electrons. The van der Waals surface area contributed by atoms with Crippen LogP contribution in [0.1, 0.15) is 25.8 Å². The zero-order chi connectivity index (χ0) is 15.9. The summed E-state index contributed by atoms with van der Waals surface area (Å²) in [5.41, 5.74) is 1.93. The molecule has 1 N–H and O–H groups in total. The van der Waals surface area contributed by atoms with Crippen LogP contribution in [0.4, 0.5) is 5.69 Å². The summed E-state index contributed by atoms with van der Waals surface area (Å²) in [5, 5.41) is 2.92. The maximum atomic E-state index is 12.1. The van der Waals surface area contributed by atoms with E-state index in [0.29, 0.717) is 18.7 Å². The van der Waals surface area contributed by atoms with Crippen LogP contribution >= 0.6 is 0 Å². The summed E-state index contributed by atoms with van der Waals surface area (Å²) in [7, 11) is 0. The summed E-state index contributed by atoms with van der Waals surface area (Å²) in [6.45, 7) is 6.63. The summed E-state index contributed by atoms with van der Waals surface area (Å²) in [5.74, 6) is 0.682. The lowest BCUT2D eigenvalue weighted by Crippen LogP contribution is -3.00. The number of anilines is 1. The maximum absolute atomic E-state index is 12.1. The molecule has 2 aromatic rings. The lowest BCUT2D eigenvalue weighted by molar-refractivity contribution is -0.695. The minimum absolute atomic E-state index is 0. The van der Waals surface area contributed by atoms with Gasteiger partial charge in [0.15, 0.2) is 18.9 Å². The van der Waals surface area contributed by atoms with Gasteiger partial charge in [-0.3, -0.25) is 4.79 Å². The Morgan fingerprint density at radius 1 is 1.17 bits per heavy atom. The van der Waals surface area contributed by atoms with Gasteiger partial charge in [0.25, 0.3) is 0 Å². The number of carbonyl (C=O) groups excluding carboxylic acids is 1. The third-order valence-electron chi connectivity index (χ3n) is 3.18. The number of carbonyl (C=O) groups is 1. The van der Waals surface area contributed by atoms with Crippen LogP contribution in [0, 0.1) is 6.92 Å². The van der Waals surface area contributed by atoms with Crippen molar-refractivity contribution in [3.8, 4) is 5.75 Å². The predicted octanol–water partition coefficient (Wildman–Crippen LogP) is 0.103. The van der Waals surface area contributed by atoms with E-state index in [1.165, 1.54) is 5.56 Å². The number of rotatable bonds is 6. The molecule has 5 heteroatoms. The fourth-order valence-corrected chi connectivity index (χ4v) is 2.05. The molecule has 0 aliphatic rings. The number of hydrogen-bond donors (Lipinski definition) is 1. The Bertz CT molecular complexity index is 627. The third-order valence-corrected chi connectivity index (χ3v) is 3.18. The van der Waals surface area contributed by atoms with E-state index < -0.39 is 0 Å². The minimum atomic E-state index is -0.0205. The van der Waals surface area contributed by atoms with Gasteiger partial charge in [-0.2, -0.15) is 0 Å². The average molecular weight is 379 g/mol. The SMILES string of the molecule is Cc1cc[n+](CCC(=O)Nc2ccccc2OC(C)C)cc1.[Br-]. The van der Waals surface area contributed by atoms with E-state index in [-0.39, 0.29) is 29.0 Å². The predicted molar refractivity (Wildman–Crippen MR) is 86.8 cm³/mol. The molecule has 0 aliphatic carbocycles. The van der Waals surface area contributed by atoms with Crippen molar-refractivity contribution >= 4 is 11.6 Å². The average Bonchev–Trinajstić information content (AvgIpc) is 2.48. The lowest BCUT2D eigenvalue weighted by atomic mass is 10.2. The molecule has 0 spiro atoms. The van der Waals surface area contributed by atoms with Crippen molar-refractivity contribution in [3.05, 3.63) is 54.4 Å². The van der Waals surface area contributed by atoms with Crippen molar-refractivity contribution in [1.82, 2.24) is 0 Å². The monoisotopic (exact) mass is 378 g/mol. The molecule has 1 heterocycles. The van der Waals surface area contributed by atoms with Crippen molar-refractivity contribution in [2.45, 2.75) is 39.8 Å². The molecule has 0 fully saturated rings. The van der Waals surface area contributed by atoms with Crippen molar-refractivity contribution in [3.63, 3.8) is 0 Å². The van der Waals surface area contributed by atoms with Gasteiger partial charge in [0.2, 0.25) is 5.91 Å². The topological polar surface area (TPSA) is 42.2 Å². The number of para-hydroxylation sites is 2. The number of nitrogens with zero attached hydrogens (tertiary/aromatic N) is 1. The highest BCUT2D eigenvalue weighted by Crippen LogP contribution is 2.24. The van der Waals surface area contributed by atoms with Gasteiger partial charge in [0.05, 0.1) is 18.2 Å². The molecule has 0 saturated heterocycles. The molecular weight excluding hydrogens is 356 g/mol. The number of benzene rings is 1. The van der Waals surface area contributed by atoms with Crippen LogP contribution in [0.15, 0.2) is 48.8 Å². The van der Waals surface area contributed by atoms with Crippen LogP contribution < -0.4 is 31.6 Å². The highest BCUT2D eigenvalue weighted by Gasteiger charge is 2.10. The molecule has 0 saturated carbocycles. The number of aryl methyl sites for hydroxylation is 2. The van der Waals surface area contributed by atoms with Crippen LogP contribution in [0.25, 0.3) is 0 Å². The summed E-state index contributed by atoms with van der Waals surface area (Å²) < 4.78 is 7.71. The smallest absolute Gasteiger partial charge is 0.230 e. The normalized spacial score (nSPS) is 10.1. The second-order valence-corrected chi connectivity index (χ2v) is 5.57. The van der Waals surface area contributed by atoms with Gasteiger partial charge in [-0.25, -0.2) is 4.57 Å². The van der Waals surface area contributed by atoms with Crippen LogP contribution in [0.3, 0.4) is 0 Å². The zero-order valence-electron chi connectivity index (χ0n) is 13.8. The van der Waals surface area contributed by atoms with Gasteiger partial charge in [-0.15, -0.1) is 0 Å². The first kappa shape index (κ1) is 19.2. The van der Waals surface area contributed by atoms with Gasteiger partial charge < -0.3 is 27.0 Å². The lowest BCUT2D eigenvalue weighted by Gasteiger charge is -2.14. The van der Waals surface area contributed by atoms with Crippen LogP contribution in [-0.4, -0.2) is 12.0 Å². The van der Waals surface area contributed by atoms with Crippen molar-refractivity contribution < 1.29 is 31.1 Å². The molecule has 0 radical (unpaired) electrons. The molecular formula is C18H23BrN2O2. The molecule has 2 rings (SSSR count). The molecule has 1 aromatic heterocycles. The first-order chi connectivity index (χ1) is 10.5. The number of pyridine rings is 1. The minimum Gasteiger partial charge on any atom is -1.00 e. The molecule has 0 atom stereocenters. The molecule has 4 nitrogen and oxygen atoms in total. The molecule has 23 heavy (non-hydrogen) atoms. The number of halogens is 1. The van der Waals surface area contributed by atoms with E-state index in [2.05, 4.69) is 5.32 Å². The Balaban J connectivity index is 0.00000264. The summed E-state index contributed by atoms with van der Waals surface area (Å²) >= 11 is 0. The molecule has 1 amide bonds. The Kier molecular flexibility index (Phi) is 7.75. The number of aromatic nitrogens is 1.